The highest BCUT2D eigenvalue weighted by atomic mass is 16.6. The molecular formula is C23H23N3O3. The van der Waals surface area contributed by atoms with E-state index in [0.717, 1.165) is 30.2 Å². The van der Waals surface area contributed by atoms with E-state index in [-0.39, 0.29) is 12.7 Å². The molecule has 0 N–H and O–H groups in total. The predicted molar refractivity (Wildman–Crippen MR) is 111 cm³/mol. The maximum atomic E-state index is 12.4. The smallest absolute Gasteiger partial charge is 0.410 e. The molecule has 1 aromatic heterocycles. The van der Waals surface area contributed by atoms with Gasteiger partial charge >= 0.3 is 6.09 Å². The fourth-order valence-corrected chi connectivity index (χ4v) is 3.22. The molecule has 0 spiro atoms. The van der Waals surface area contributed by atoms with Crippen molar-refractivity contribution in [3.8, 4) is 11.5 Å². The highest BCUT2D eigenvalue weighted by Gasteiger charge is 2.22. The van der Waals surface area contributed by atoms with Crippen LogP contribution >= 0.6 is 0 Å². The minimum Gasteiger partial charge on any atom is -0.457 e. The molecule has 148 valence electrons. The average Bonchev–Trinajstić information content (AvgIpc) is 2.79. The van der Waals surface area contributed by atoms with Crippen molar-refractivity contribution < 1.29 is 14.3 Å². The molecule has 1 fully saturated rings. The Morgan fingerprint density at radius 2 is 1.62 bits per heavy atom. The number of nitrogens with zero attached hydrogens (tertiary/aromatic N) is 3. The van der Waals surface area contributed by atoms with Crippen molar-refractivity contribution in [1.82, 2.24) is 9.88 Å². The van der Waals surface area contributed by atoms with Gasteiger partial charge in [0.15, 0.2) is 0 Å². The van der Waals surface area contributed by atoms with Crippen LogP contribution < -0.4 is 9.64 Å². The van der Waals surface area contributed by atoms with Crippen LogP contribution in [0, 0.1) is 0 Å². The number of carbonyl (C=O) groups excluding carboxylic acids is 1. The van der Waals surface area contributed by atoms with Gasteiger partial charge in [-0.25, -0.2) is 9.78 Å². The summed E-state index contributed by atoms with van der Waals surface area (Å²) in [4.78, 5) is 20.7. The summed E-state index contributed by atoms with van der Waals surface area (Å²) in [6.07, 6.45) is 1.49. The minimum absolute atomic E-state index is 0.214. The van der Waals surface area contributed by atoms with Crippen molar-refractivity contribution in [2.24, 2.45) is 0 Å². The Hall–Kier alpha value is -3.54. The van der Waals surface area contributed by atoms with E-state index in [0.29, 0.717) is 18.8 Å². The summed E-state index contributed by atoms with van der Waals surface area (Å²) in [6.45, 7) is 2.93. The minimum atomic E-state index is -0.292. The third kappa shape index (κ3) is 5.04. The number of rotatable bonds is 5. The molecule has 1 aliphatic rings. The summed E-state index contributed by atoms with van der Waals surface area (Å²) < 4.78 is 11.3. The summed E-state index contributed by atoms with van der Waals surface area (Å²) in [5.41, 5.74) is 0.888. The molecule has 1 saturated heterocycles. The molecule has 0 radical (unpaired) electrons. The number of amides is 1. The van der Waals surface area contributed by atoms with Gasteiger partial charge in [0.2, 0.25) is 0 Å². The van der Waals surface area contributed by atoms with Crippen molar-refractivity contribution in [1.29, 1.82) is 0 Å². The van der Waals surface area contributed by atoms with Gasteiger partial charge in [-0.2, -0.15) is 0 Å². The van der Waals surface area contributed by atoms with E-state index in [1.165, 1.54) is 0 Å². The third-order valence-electron chi connectivity index (χ3n) is 4.75. The lowest BCUT2D eigenvalue weighted by molar-refractivity contribution is 0.0941. The summed E-state index contributed by atoms with van der Waals surface area (Å²) >= 11 is 0. The molecule has 1 aliphatic heterocycles. The number of piperazine rings is 1. The van der Waals surface area contributed by atoms with Crippen molar-refractivity contribution in [2.75, 3.05) is 31.1 Å². The Morgan fingerprint density at radius 3 is 2.38 bits per heavy atom. The van der Waals surface area contributed by atoms with E-state index >= 15 is 0 Å². The largest absolute Gasteiger partial charge is 0.457 e. The molecular weight excluding hydrogens is 366 g/mol. The van der Waals surface area contributed by atoms with Gasteiger partial charge in [0, 0.05) is 32.4 Å². The number of hydrogen-bond acceptors (Lipinski definition) is 5. The molecule has 2 heterocycles. The number of benzene rings is 2. The van der Waals surface area contributed by atoms with Gasteiger partial charge in [-0.3, -0.25) is 0 Å². The van der Waals surface area contributed by atoms with Gasteiger partial charge in [-0.1, -0.05) is 36.4 Å². The van der Waals surface area contributed by atoms with Crippen LogP contribution in [0.15, 0.2) is 79.0 Å². The fraction of sp³-hybridized carbons (Fsp3) is 0.217. The number of pyridine rings is 1. The molecule has 2 aromatic carbocycles. The molecule has 3 aromatic rings. The van der Waals surface area contributed by atoms with Crippen LogP contribution in [0.25, 0.3) is 0 Å². The summed E-state index contributed by atoms with van der Waals surface area (Å²) in [5, 5.41) is 0. The first-order valence-electron chi connectivity index (χ1n) is 9.67. The quantitative estimate of drug-likeness (QED) is 0.650. The van der Waals surface area contributed by atoms with Crippen LogP contribution in [0.4, 0.5) is 10.6 Å². The summed E-state index contributed by atoms with van der Waals surface area (Å²) in [6, 6.07) is 23.0. The first-order valence-corrected chi connectivity index (χ1v) is 9.67. The van der Waals surface area contributed by atoms with Crippen LogP contribution in [-0.4, -0.2) is 42.2 Å². The van der Waals surface area contributed by atoms with E-state index in [1.807, 2.05) is 72.8 Å². The molecule has 6 nitrogen and oxygen atoms in total. The number of para-hydroxylation sites is 1. The van der Waals surface area contributed by atoms with Crippen LogP contribution in [0.5, 0.6) is 11.5 Å². The van der Waals surface area contributed by atoms with Crippen LogP contribution in [-0.2, 0) is 11.3 Å². The second kappa shape index (κ2) is 9.10. The van der Waals surface area contributed by atoms with Crippen molar-refractivity contribution >= 4 is 11.9 Å². The number of hydrogen-bond donors (Lipinski definition) is 0. The monoisotopic (exact) mass is 389 g/mol. The van der Waals surface area contributed by atoms with Crippen LogP contribution in [0.2, 0.25) is 0 Å². The number of aromatic nitrogens is 1. The van der Waals surface area contributed by atoms with E-state index in [1.54, 1.807) is 11.1 Å². The van der Waals surface area contributed by atoms with Gasteiger partial charge in [0.05, 0.1) is 0 Å². The van der Waals surface area contributed by atoms with Gasteiger partial charge < -0.3 is 19.3 Å². The Labute approximate surface area is 170 Å². The van der Waals surface area contributed by atoms with Gasteiger partial charge in [-0.05, 0) is 42.0 Å². The van der Waals surface area contributed by atoms with Crippen LogP contribution in [0.3, 0.4) is 0 Å². The van der Waals surface area contributed by atoms with Crippen LogP contribution in [0.1, 0.15) is 5.56 Å². The number of ether oxygens (including phenoxy) is 2. The molecule has 29 heavy (non-hydrogen) atoms. The molecule has 0 aliphatic carbocycles. The molecule has 0 atom stereocenters. The lowest BCUT2D eigenvalue weighted by Crippen LogP contribution is -2.49. The maximum absolute atomic E-state index is 12.4. The Balaban J connectivity index is 1.27. The number of anilines is 1. The van der Waals surface area contributed by atoms with Gasteiger partial charge in [-0.15, -0.1) is 0 Å². The lowest BCUT2D eigenvalue weighted by Gasteiger charge is -2.34. The first kappa shape index (κ1) is 18.8. The predicted octanol–water partition coefficient (Wildman–Crippen LogP) is 4.33. The van der Waals surface area contributed by atoms with E-state index < -0.39 is 0 Å². The topological polar surface area (TPSA) is 54.9 Å². The van der Waals surface area contributed by atoms with Crippen molar-refractivity contribution in [2.45, 2.75) is 6.61 Å². The summed E-state index contributed by atoms with van der Waals surface area (Å²) in [5.74, 6) is 2.43. The van der Waals surface area contributed by atoms with Gasteiger partial charge in [0.25, 0.3) is 0 Å². The zero-order valence-corrected chi connectivity index (χ0v) is 16.1. The third-order valence-corrected chi connectivity index (χ3v) is 4.75. The zero-order valence-electron chi connectivity index (χ0n) is 16.1. The van der Waals surface area contributed by atoms with E-state index in [4.69, 9.17) is 9.47 Å². The molecule has 0 unspecified atom stereocenters. The molecule has 0 bridgehead atoms. The highest BCUT2D eigenvalue weighted by molar-refractivity contribution is 5.68. The molecule has 0 saturated carbocycles. The van der Waals surface area contributed by atoms with Gasteiger partial charge in [0.1, 0.15) is 23.9 Å². The second-order valence-electron chi connectivity index (χ2n) is 6.78. The summed E-state index contributed by atoms with van der Waals surface area (Å²) in [7, 11) is 0. The van der Waals surface area contributed by atoms with Crippen molar-refractivity contribution in [3.63, 3.8) is 0 Å². The lowest BCUT2D eigenvalue weighted by atomic mass is 10.2. The SMILES string of the molecule is O=C(OCc1cccc(Oc2ccccc2)c1)N1CCN(c2ccccn2)CC1. The normalized spacial score (nSPS) is 13.8. The molecule has 1 amide bonds. The molecule has 6 heteroatoms. The Kier molecular flexibility index (Phi) is 5.90. The Bertz CT molecular complexity index is 926. The maximum Gasteiger partial charge on any atom is 0.410 e. The zero-order chi connectivity index (χ0) is 19.9. The standard InChI is InChI=1S/C23H23N3O3/c27-23(26-15-13-25(14-16-26)22-11-4-5-12-24-22)28-18-19-7-6-10-21(17-19)29-20-8-2-1-3-9-20/h1-12,17H,13-16,18H2. The van der Waals surface area contributed by atoms with Crippen molar-refractivity contribution in [3.05, 3.63) is 84.6 Å². The second-order valence-corrected chi connectivity index (χ2v) is 6.78. The fourth-order valence-electron chi connectivity index (χ4n) is 3.22. The average molecular weight is 389 g/mol. The highest BCUT2D eigenvalue weighted by Crippen LogP contribution is 2.22. The Morgan fingerprint density at radius 1 is 0.862 bits per heavy atom. The first-order chi connectivity index (χ1) is 14.3. The van der Waals surface area contributed by atoms with E-state index in [9.17, 15) is 4.79 Å². The molecule has 4 rings (SSSR count). The number of carbonyl (C=O) groups is 1. The van der Waals surface area contributed by atoms with E-state index in [2.05, 4.69) is 9.88 Å².